The summed E-state index contributed by atoms with van der Waals surface area (Å²) >= 11 is 0. The van der Waals surface area contributed by atoms with Gasteiger partial charge >= 0.3 is 6.18 Å². The zero-order valence-corrected chi connectivity index (χ0v) is 12.8. The molecule has 0 saturated carbocycles. The largest absolute Gasteiger partial charge is 0.497 e. The van der Waals surface area contributed by atoms with Crippen LogP contribution in [0.15, 0.2) is 54.6 Å². The third kappa shape index (κ3) is 3.24. The second-order valence-corrected chi connectivity index (χ2v) is 5.16. The number of ether oxygens (including phenoxy) is 1. The summed E-state index contributed by atoms with van der Waals surface area (Å²) in [6, 6.07) is 15.1. The molecular weight excluding hydrogens is 319 g/mol. The van der Waals surface area contributed by atoms with Crippen molar-refractivity contribution >= 4 is 0 Å². The molecule has 0 spiro atoms. The molecule has 0 radical (unpaired) electrons. The molecule has 0 amide bonds. The summed E-state index contributed by atoms with van der Waals surface area (Å²) in [6.07, 6.45) is -4.56. The molecule has 7 heteroatoms. The van der Waals surface area contributed by atoms with Gasteiger partial charge in [-0.1, -0.05) is 35.5 Å². The molecule has 0 atom stereocenters. The lowest BCUT2D eigenvalue weighted by Crippen LogP contribution is -2.16. The first-order valence-corrected chi connectivity index (χ1v) is 7.18. The van der Waals surface area contributed by atoms with Crippen LogP contribution in [0.1, 0.15) is 11.3 Å². The van der Waals surface area contributed by atoms with Gasteiger partial charge in [-0.25, -0.2) is 4.68 Å². The summed E-state index contributed by atoms with van der Waals surface area (Å²) < 4.78 is 46.6. The van der Waals surface area contributed by atoms with E-state index in [9.17, 15) is 13.2 Å². The Bertz CT molecular complexity index is 811. The maximum Gasteiger partial charge on any atom is 0.435 e. The highest BCUT2D eigenvalue weighted by Crippen LogP contribution is 2.36. The predicted octanol–water partition coefficient (Wildman–Crippen LogP) is 4.02. The number of methoxy groups -OCH3 is 1. The van der Waals surface area contributed by atoms with Crippen LogP contribution in [-0.2, 0) is 12.7 Å². The predicted molar refractivity (Wildman–Crippen MR) is 82.6 cm³/mol. The molecule has 0 aliphatic rings. The second-order valence-electron chi connectivity index (χ2n) is 5.16. The van der Waals surface area contributed by atoms with Gasteiger partial charge in [-0.3, -0.25) is 0 Å². The number of hydrogen-bond acceptors (Lipinski definition) is 3. The summed E-state index contributed by atoms with van der Waals surface area (Å²) in [5.41, 5.74) is -0.00535. The minimum Gasteiger partial charge on any atom is -0.497 e. The van der Waals surface area contributed by atoms with Crippen LogP contribution in [0.4, 0.5) is 13.2 Å². The van der Waals surface area contributed by atoms with Gasteiger partial charge in [-0.15, -0.1) is 5.10 Å². The quantitative estimate of drug-likeness (QED) is 0.724. The van der Waals surface area contributed by atoms with E-state index in [4.69, 9.17) is 4.74 Å². The van der Waals surface area contributed by atoms with Crippen molar-refractivity contribution < 1.29 is 17.9 Å². The highest BCUT2D eigenvalue weighted by Gasteiger charge is 2.39. The molecule has 2 aromatic carbocycles. The number of hydrogen-bond donors (Lipinski definition) is 0. The molecule has 0 fully saturated rings. The van der Waals surface area contributed by atoms with E-state index in [0.29, 0.717) is 16.9 Å². The first kappa shape index (κ1) is 16.0. The molecule has 24 heavy (non-hydrogen) atoms. The van der Waals surface area contributed by atoms with Gasteiger partial charge < -0.3 is 4.74 Å². The van der Waals surface area contributed by atoms with Crippen molar-refractivity contribution in [2.24, 2.45) is 0 Å². The van der Waals surface area contributed by atoms with E-state index in [0.717, 1.165) is 4.68 Å². The van der Waals surface area contributed by atoms with Crippen LogP contribution in [0.5, 0.6) is 5.75 Å². The van der Waals surface area contributed by atoms with Gasteiger partial charge in [0.25, 0.3) is 0 Å². The van der Waals surface area contributed by atoms with Gasteiger partial charge in [0.15, 0.2) is 5.69 Å². The van der Waals surface area contributed by atoms with Crippen LogP contribution >= 0.6 is 0 Å². The molecule has 0 unspecified atom stereocenters. The molecule has 0 aliphatic carbocycles. The standard InChI is InChI=1S/C17H14F3N3O/c1-24-14-9-7-13(8-10-14)15-16(17(18,19)20)23(22-21-15)11-12-5-3-2-4-6-12/h2-10H,11H2,1H3. The fourth-order valence-corrected chi connectivity index (χ4v) is 2.40. The topological polar surface area (TPSA) is 39.9 Å². The van der Waals surface area contributed by atoms with Crippen molar-refractivity contribution in [1.82, 2.24) is 15.0 Å². The van der Waals surface area contributed by atoms with E-state index in [1.54, 1.807) is 42.5 Å². The van der Waals surface area contributed by atoms with Gasteiger partial charge in [-0.05, 0) is 29.8 Å². The fourth-order valence-electron chi connectivity index (χ4n) is 2.40. The summed E-state index contributed by atoms with van der Waals surface area (Å²) in [5.74, 6) is 0.559. The van der Waals surface area contributed by atoms with Gasteiger partial charge in [0, 0.05) is 5.56 Å². The zero-order chi connectivity index (χ0) is 17.2. The van der Waals surface area contributed by atoms with Crippen LogP contribution in [0, 0.1) is 0 Å². The van der Waals surface area contributed by atoms with Crippen LogP contribution in [0.3, 0.4) is 0 Å². The molecule has 124 valence electrons. The highest BCUT2D eigenvalue weighted by atomic mass is 19.4. The van der Waals surface area contributed by atoms with Crippen LogP contribution in [0.25, 0.3) is 11.3 Å². The smallest absolute Gasteiger partial charge is 0.435 e. The molecule has 1 heterocycles. The van der Waals surface area contributed by atoms with Crippen LogP contribution in [-0.4, -0.2) is 22.1 Å². The Balaban J connectivity index is 2.03. The average molecular weight is 333 g/mol. The molecule has 3 rings (SSSR count). The van der Waals surface area contributed by atoms with Crippen molar-refractivity contribution in [3.8, 4) is 17.0 Å². The zero-order valence-electron chi connectivity index (χ0n) is 12.8. The summed E-state index contributed by atoms with van der Waals surface area (Å²) in [5, 5.41) is 7.47. The van der Waals surface area contributed by atoms with Crippen molar-refractivity contribution in [3.63, 3.8) is 0 Å². The SMILES string of the molecule is COc1ccc(-c2nnn(Cc3ccccc3)c2C(F)(F)F)cc1. The van der Waals surface area contributed by atoms with Crippen LogP contribution in [0.2, 0.25) is 0 Å². The summed E-state index contributed by atoms with van der Waals surface area (Å²) in [7, 11) is 1.49. The van der Waals surface area contributed by atoms with Crippen molar-refractivity contribution in [1.29, 1.82) is 0 Å². The molecule has 0 N–H and O–H groups in total. The third-order valence-electron chi connectivity index (χ3n) is 3.54. The Morgan fingerprint density at radius 3 is 2.25 bits per heavy atom. The maximum atomic E-state index is 13.6. The molecule has 0 bridgehead atoms. The van der Waals surface area contributed by atoms with E-state index < -0.39 is 11.9 Å². The average Bonchev–Trinajstić information content (AvgIpc) is 3.00. The van der Waals surface area contributed by atoms with E-state index in [2.05, 4.69) is 10.3 Å². The second kappa shape index (κ2) is 6.35. The number of alkyl halides is 3. The minimum absolute atomic E-state index is 0.00115. The Morgan fingerprint density at radius 1 is 1.00 bits per heavy atom. The lowest BCUT2D eigenvalue weighted by atomic mass is 10.1. The molecule has 3 aromatic rings. The van der Waals surface area contributed by atoms with E-state index >= 15 is 0 Å². The number of benzene rings is 2. The van der Waals surface area contributed by atoms with Gasteiger partial charge in [0.2, 0.25) is 0 Å². The van der Waals surface area contributed by atoms with Gasteiger partial charge in [0.05, 0.1) is 13.7 Å². The van der Waals surface area contributed by atoms with Gasteiger partial charge in [-0.2, -0.15) is 13.2 Å². The minimum atomic E-state index is -4.56. The lowest BCUT2D eigenvalue weighted by Gasteiger charge is -2.11. The maximum absolute atomic E-state index is 13.6. The van der Waals surface area contributed by atoms with E-state index in [-0.39, 0.29) is 12.2 Å². The number of halogens is 3. The summed E-state index contributed by atoms with van der Waals surface area (Å²) in [4.78, 5) is 0. The monoisotopic (exact) mass is 333 g/mol. The first-order chi connectivity index (χ1) is 11.5. The molecule has 4 nitrogen and oxygen atoms in total. The molecule has 0 aliphatic heterocycles. The Hall–Kier alpha value is -2.83. The molecule has 1 aromatic heterocycles. The lowest BCUT2D eigenvalue weighted by molar-refractivity contribution is -0.143. The van der Waals surface area contributed by atoms with Crippen molar-refractivity contribution in [2.75, 3.05) is 7.11 Å². The fraction of sp³-hybridized carbons (Fsp3) is 0.176. The number of nitrogens with zero attached hydrogens (tertiary/aromatic N) is 3. The normalized spacial score (nSPS) is 11.5. The van der Waals surface area contributed by atoms with Crippen molar-refractivity contribution in [2.45, 2.75) is 12.7 Å². The third-order valence-corrected chi connectivity index (χ3v) is 3.54. The molecular formula is C17H14F3N3O. The summed E-state index contributed by atoms with van der Waals surface area (Å²) in [6.45, 7) is -0.00115. The van der Waals surface area contributed by atoms with E-state index in [1.807, 2.05) is 0 Å². The highest BCUT2D eigenvalue weighted by molar-refractivity contribution is 5.63. The Morgan fingerprint density at radius 2 is 1.67 bits per heavy atom. The molecule has 0 saturated heterocycles. The number of rotatable bonds is 4. The number of aromatic nitrogens is 3. The van der Waals surface area contributed by atoms with Crippen LogP contribution < -0.4 is 4.74 Å². The van der Waals surface area contributed by atoms with Crippen molar-refractivity contribution in [3.05, 3.63) is 65.9 Å². The van der Waals surface area contributed by atoms with E-state index in [1.165, 1.54) is 19.2 Å². The first-order valence-electron chi connectivity index (χ1n) is 7.18. The Kier molecular flexibility index (Phi) is 4.24. The van der Waals surface area contributed by atoms with Gasteiger partial charge in [0.1, 0.15) is 11.4 Å². The Labute approximate surface area is 136 Å².